The summed E-state index contributed by atoms with van der Waals surface area (Å²) in [6.07, 6.45) is 2.10. The number of carbonyl (C=O) groups is 2. The molecule has 0 radical (unpaired) electrons. The van der Waals surface area contributed by atoms with Crippen molar-refractivity contribution in [2.24, 2.45) is 5.73 Å². The third-order valence-corrected chi connectivity index (χ3v) is 3.75. The normalized spacial score (nSPS) is 10.0. The second-order valence-electron chi connectivity index (χ2n) is 5.28. The van der Waals surface area contributed by atoms with Gasteiger partial charge in [0.05, 0.1) is 6.42 Å². The summed E-state index contributed by atoms with van der Waals surface area (Å²) in [5.41, 5.74) is 6.92. The monoisotopic (exact) mass is 429 g/mol. The maximum Gasteiger partial charge on any atom is 0.291 e. The lowest BCUT2D eigenvalue weighted by Gasteiger charge is -2.07. The minimum absolute atomic E-state index is 0. The van der Waals surface area contributed by atoms with Gasteiger partial charge in [-0.15, -0.1) is 12.4 Å². The molecule has 0 aliphatic heterocycles. The molecule has 0 aliphatic rings. The van der Waals surface area contributed by atoms with Gasteiger partial charge in [0.25, 0.3) is 5.91 Å². The number of hydrogen-bond acceptors (Lipinski definition) is 4. The maximum atomic E-state index is 12.0. The highest BCUT2D eigenvalue weighted by Gasteiger charge is 2.10. The molecule has 1 aromatic carbocycles. The largest absolute Gasteiger partial charge is 0.444 e. The van der Waals surface area contributed by atoms with Crippen LogP contribution in [-0.2, 0) is 11.2 Å². The number of halogens is 2. The second-order valence-corrected chi connectivity index (χ2v) is 6.06. The second kappa shape index (κ2) is 10.9. The minimum Gasteiger partial charge on any atom is -0.444 e. The molecule has 0 saturated heterocycles. The standard InChI is InChI=1S/C17H20BrN3O3.ClH/c18-15-8-7-14(24-15)17(23)21-13-5-3-12(4-6-13)11-16(22)20-10-2-1-9-19;/h3-8H,1-2,9-11,19H2,(H,20,22)(H,21,23);1H. The van der Waals surface area contributed by atoms with Crippen LogP contribution in [0.5, 0.6) is 0 Å². The Bertz CT molecular complexity index is 689. The van der Waals surface area contributed by atoms with Crippen molar-refractivity contribution in [3.05, 3.63) is 52.4 Å². The fourth-order valence-electron chi connectivity index (χ4n) is 2.08. The molecular formula is C17H21BrClN3O3. The van der Waals surface area contributed by atoms with E-state index in [1.807, 2.05) is 12.1 Å². The number of hydrogen-bond donors (Lipinski definition) is 3. The number of rotatable bonds is 8. The number of unbranched alkanes of at least 4 members (excludes halogenated alkanes) is 1. The Morgan fingerprint density at radius 2 is 1.80 bits per heavy atom. The summed E-state index contributed by atoms with van der Waals surface area (Å²) in [6.45, 7) is 1.28. The first-order valence-corrected chi connectivity index (χ1v) is 8.50. The van der Waals surface area contributed by atoms with E-state index >= 15 is 0 Å². The quantitative estimate of drug-likeness (QED) is 0.561. The smallest absolute Gasteiger partial charge is 0.291 e. The van der Waals surface area contributed by atoms with Crippen molar-refractivity contribution in [2.45, 2.75) is 19.3 Å². The molecule has 136 valence electrons. The van der Waals surface area contributed by atoms with E-state index in [1.165, 1.54) is 0 Å². The first kappa shape index (κ1) is 21.2. The average molecular weight is 431 g/mol. The zero-order valence-electron chi connectivity index (χ0n) is 13.6. The van der Waals surface area contributed by atoms with Gasteiger partial charge in [-0.05, 0) is 65.1 Å². The van der Waals surface area contributed by atoms with Crippen LogP contribution < -0.4 is 16.4 Å². The van der Waals surface area contributed by atoms with E-state index in [0.717, 1.165) is 18.4 Å². The highest BCUT2D eigenvalue weighted by Crippen LogP contribution is 2.16. The van der Waals surface area contributed by atoms with Crippen molar-refractivity contribution in [3.8, 4) is 0 Å². The topological polar surface area (TPSA) is 97.4 Å². The van der Waals surface area contributed by atoms with Crippen LogP contribution >= 0.6 is 28.3 Å². The van der Waals surface area contributed by atoms with E-state index in [2.05, 4.69) is 26.6 Å². The number of carbonyl (C=O) groups excluding carboxylic acids is 2. The molecule has 0 bridgehead atoms. The molecule has 0 atom stereocenters. The minimum atomic E-state index is -0.328. The predicted molar refractivity (Wildman–Crippen MR) is 103 cm³/mol. The lowest BCUT2D eigenvalue weighted by molar-refractivity contribution is -0.120. The van der Waals surface area contributed by atoms with Gasteiger partial charge in [0.2, 0.25) is 5.91 Å². The van der Waals surface area contributed by atoms with E-state index < -0.39 is 0 Å². The molecule has 2 rings (SSSR count). The molecule has 0 aliphatic carbocycles. The van der Waals surface area contributed by atoms with Crippen LogP contribution in [-0.4, -0.2) is 24.9 Å². The average Bonchev–Trinajstić information content (AvgIpc) is 3.00. The van der Waals surface area contributed by atoms with Gasteiger partial charge in [-0.3, -0.25) is 9.59 Å². The number of nitrogens with two attached hydrogens (primary N) is 1. The fraction of sp³-hybridized carbons (Fsp3) is 0.294. The summed E-state index contributed by atoms with van der Waals surface area (Å²) in [5.74, 6) is -0.127. The van der Waals surface area contributed by atoms with Gasteiger partial charge >= 0.3 is 0 Å². The number of furan rings is 1. The molecule has 1 aromatic heterocycles. The molecule has 25 heavy (non-hydrogen) atoms. The number of amides is 2. The summed E-state index contributed by atoms with van der Waals surface area (Å²) in [5, 5.41) is 5.59. The van der Waals surface area contributed by atoms with E-state index in [4.69, 9.17) is 10.2 Å². The van der Waals surface area contributed by atoms with Crippen molar-refractivity contribution < 1.29 is 14.0 Å². The van der Waals surface area contributed by atoms with Crippen LogP contribution in [0.4, 0.5) is 5.69 Å². The molecule has 8 heteroatoms. The van der Waals surface area contributed by atoms with Crippen molar-refractivity contribution >= 4 is 45.8 Å². The van der Waals surface area contributed by atoms with Crippen molar-refractivity contribution in [1.29, 1.82) is 0 Å². The molecule has 2 amide bonds. The van der Waals surface area contributed by atoms with Crippen LogP contribution in [0.2, 0.25) is 0 Å². The van der Waals surface area contributed by atoms with Gasteiger partial charge in [-0.25, -0.2) is 0 Å². The first-order chi connectivity index (χ1) is 11.6. The lowest BCUT2D eigenvalue weighted by Crippen LogP contribution is -2.26. The van der Waals surface area contributed by atoms with Gasteiger partial charge in [-0.1, -0.05) is 12.1 Å². The SMILES string of the molecule is Cl.NCCCCNC(=O)Cc1ccc(NC(=O)c2ccc(Br)o2)cc1. The van der Waals surface area contributed by atoms with E-state index in [-0.39, 0.29) is 30.0 Å². The molecular weight excluding hydrogens is 410 g/mol. The summed E-state index contributed by atoms with van der Waals surface area (Å²) < 4.78 is 5.69. The molecule has 1 heterocycles. The van der Waals surface area contributed by atoms with E-state index in [0.29, 0.717) is 29.9 Å². The summed E-state index contributed by atoms with van der Waals surface area (Å²) in [4.78, 5) is 23.8. The molecule has 6 nitrogen and oxygen atoms in total. The van der Waals surface area contributed by atoms with Crippen LogP contribution in [0.15, 0.2) is 45.5 Å². The van der Waals surface area contributed by atoms with E-state index in [9.17, 15) is 9.59 Å². The molecule has 0 fully saturated rings. The van der Waals surface area contributed by atoms with E-state index in [1.54, 1.807) is 24.3 Å². The van der Waals surface area contributed by atoms with Crippen LogP contribution in [0.25, 0.3) is 0 Å². The number of nitrogens with one attached hydrogen (secondary N) is 2. The fourth-order valence-corrected chi connectivity index (χ4v) is 2.39. The van der Waals surface area contributed by atoms with Crippen LogP contribution in [0, 0.1) is 0 Å². The highest BCUT2D eigenvalue weighted by atomic mass is 79.9. The van der Waals surface area contributed by atoms with Crippen molar-refractivity contribution in [1.82, 2.24) is 5.32 Å². The van der Waals surface area contributed by atoms with Crippen molar-refractivity contribution in [2.75, 3.05) is 18.4 Å². The number of anilines is 1. The summed E-state index contributed by atoms with van der Waals surface area (Å²) in [7, 11) is 0. The molecule has 2 aromatic rings. The van der Waals surface area contributed by atoms with Crippen molar-refractivity contribution in [3.63, 3.8) is 0 Å². The first-order valence-electron chi connectivity index (χ1n) is 7.71. The highest BCUT2D eigenvalue weighted by molar-refractivity contribution is 9.10. The Hall–Kier alpha value is -1.83. The van der Waals surface area contributed by atoms with Crippen LogP contribution in [0.1, 0.15) is 29.0 Å². The number of benzene rings is 1. The van der Waals surface area contributed by atoms with Gasteiger partial charge in [0.1, 0.15) is 0 Å². The Balaban J connectivity index is 0.00000312. The third kappa shape index (κ3) is 7.29. The van der Waals surface area contributed by atoms with Gasteiger partial charge in [-0.2, -0.15) is 0 Å². The van der Waals surface area contributed by atoms with Gasteiger partial charge < -0.3 is 20.8 Å². The zero-order valence-corrected chi connectivity index (χ0v) is 16.0. The lowest BCUT2D eigenvalue weighted by atomic mass is 10.1. The predicted octanol–water partition coefficient (Wildman–Crippen LogP) is 3.11. The molecule has 0 spiro atoms. The van der Waals surface area contributed by atoms with Gasteiger partial charge in [0, 0.05) is 12.2 Å². The molecule has 0 saturated carbocycles. The summed E-state index contributed by atoms with van der Waals surface area (Å²) in [6, 6.07) is 10.4. The molecule has 4 N–H and O–H groups in total. The Morgan fingerprint density at radius 3 is 2.40 bits per heavy atom. The summed E-state index contributed by atoms with van der Waals surface area (Å²) >= 11 is 3.15. The zero-order chi connectivity index (χ0) is 17.4. The Labute approximate surface area is 161 Å². The van der Waals surface area contributed by atoms with Gasteiger partial charge in [0.15, 0.2) is 10.4 Å². The Morgan fingerprint density at radius 1 is 1.08 bits per heavy atom. The maximum absolute atomic E-state index is 12.0. The molecule has 0 unspecified atom stereocenters. The van der Waals surface area contributed by atoms with Crippen LogP contribution in [0.3, 0.4) is 0 Å². The third-order valence-electron chi connectivity index (χ3n) is 3.33. The Kier molecular flexibility index (Phi) is 9.26.